The van der Waals surface area contributed by atoms with Gasteiger partial charge >= 0.3 is 11.7 Å². The minimum Gasteiger partial charge on any atom is -0.481 e. The summed E-state index contributed by atoms with van der Waals surface area (Å²) in [6.45, 7) is -13.2. The number of rotatable bonds is 9. The number of H-pyrrole nitrogens is 1. The van der Waals surface area contributed by atoms with Crippen LogP contribution in [-0.2, 0) is 23.2 Å². The van der Waals surface area contributed by atoms with Gasteiger partial charge in [0.2, 0.25) is 0 Å². The molecule has 0 unspecified atom stereocenters. The number of imidazole rings is 1. The highest BCUT2D eigenvalue weighted by molar-refractivity contribution is 5.70. The lowest BCUT2D eigenvalue weighted by atomic mass is 9.61. The Balaban J connectivity index is 2.81. The molecule has 172 valence electrons. The normalized spacial score (nSPS) is 45.7. The van der Waals surface area contributed by atoms with Gasteiger partial charge in [0.1, 0.15) is 11.3 Å². The number of aromatic nitrogens is 4. The summed E-state index contributed by atoms with van der Waals surface area (Å²) in [5.74, 6) is -4.39. The third kappa shape index (κ3) is 4.34. The first-order valence-electron chi connectivity index (χ1n) is 21.4. The van der Waals surface area contributed by atoms with Crippen molar-refractivity contribution in [3.8, 4) is 0 Å². The first kappa shape index (κ1) is 7.06. The molecule has 31 heavy (non-hydrogen) atoms. The lowest BCUT2D eigenvalue weighted by molar-refractivity contribution is -0.137. The molecular weight excluding hydrogens is 396 g/mol. The number of carboxylic acids is 1. The number of nitrogens with one attached hydrogen (secondary N) is 1. The molecule has 0 bridgehead atoms. The Bertz CT molecular complexity index is 2010. The molecule has 2 heterocycles. The maximum atomic E-state index is 13.8. The van der Waals surface area contributed by atoms with Crippen LogP contribution in [0.5, 0.6) is 0 Å². The highest BCUT2D eigenvalue weighted by Gasteiger charge is 2.42. The number of hydrogen-bond donors (Lipinski definition) is 2. The van der Waals surface area contributed by atoms with Crippen molar-refractivity contribution in [3.63, 3.8) is 0 Å². The summed E-state index contributed by atoms with van der Waals surface area (Å²) in [6.07, 6.45) is -37.8. The van der Waals surface area contributed by atoms with Crippen LogP contribution in [0.25, 0.3) is 11.2 Å². The van der Waals surface area contributed by atoms with Crippen LogP contribution in [0.4, 0.5) is 0 Å². The van der Waals surface area contributed by atoms with Crippen LogP contribution in [0.3, 0.4) is 0 Å². The Hall–Kier alpha value is -2.38. The molecule has 2 aromatic rings. The van der Waals surface area contributed by atoms with Gasteiger partial charge in [0.15, 0.2) is 5.65 Å². The van der Waals surface area contributed by atoms with E-state index in [1.165, 1.54) is 0 Å². The molecular formula is C23H36N4O4. The van der Waals surface area contributed by atoms with Gasteiger partial charge in [-0.25, -0.2) is 9.78 Å². The molecule has 1 fully saturated rings. The SMILES string of the molecule is [2H]C([2H])C([2H])([2H])C1(C([2H])([2H])C([2H])([2H])C(=O)O)C([2H])([2H])C([2H])([2H])C(C)(c2nc3c([nH]2)c(=O)n(C([2H])([2H])CC)c(=O)n3C([2H])([2H])C([2H])([2H])C([2H])([2H])[2H])C([2H])([2H])C1([2H])[2H]. The second kappa shape index (κ2) is 9.01. The molecule has 2 aromatic heterocycles. The summed E-state index contributed by atoms with van der Waals surface area (Å²) >= 11 is 0. The van der Waals surface area contributed by atoms with Crippen LogP contribution in [-0.4, -0.2) is 30.2 Å². The molecule has 0 amide bonds. The Labute approximate surface area is 217 Å². The Morgan fingerprint density at radius 2 is 2.03 bits per heavy atom. The van der Waals surface area contributed by atoms with E-state index in [-0.39, 0.29) is 4.57 Å². The van der Waals surface area contributed by atoms with Crippen LogP contribution in [0.15, 0.2) is 9.59 Å². The zero-order valence-electron chi connectivity index (χ0n) is 41.3. The summed E-state index contributed by atoms with van der Waals surface area (Å²) in [4.78, 5) is 45.4. The number of fused-ring (bicyclic) bond motifs is 1. The minimum absolute atomic E-state index is 0.308. The molecule has 0 saturated heterocycles. The maximum Gasteiger partial charge on any atom is 0.332 e. The van der Waals surface area contributed by atoms with Gasteiger partial charge in [-0.05, 0) is 50.1 Å². The average molecular weight is 458 g/mol. The van der Waals surface area contributed by atoms with Crippen molar-refractivity contribution in [3.05, 3.63) is 26.7 Å². The number of aryl methyl sites for hydroxylation is 1. The fourth-order valence-electron chi connectivity index (χ4n) is 2.69. The van der Waals surface area contributed by atoms with E-state index < -0.39 is 134 Å². The van der Waals surface area contributed by atoms with E-state index in [0.29, 0.717) is 6.92 Å². The van der Waals surface area contributed by atoms with E-state index in [4.69, 9.17) is 34.3 Å². The van der Waals surface area contributed by atoms with E-state index >= 15 is 0 Å². The van der Waals surface area contributed by atoms with Crippen molar-refractivity contribution in [2.45, 2.75) is 103 Å². The lowest BCUT2D eigenvalue weighted by Gasteiger charge is -2.44. The Kier molecular flexibility index (Phi) is 2.05. The maximum absolute atomic E-state index is 13.8. The van der Waals surface area contributed by atoms with Crippen molar-refractivity contribution in [1.82, 2.24) is 19.1 Å². The third-order valence-electron chi connectivity index (χ3n) is 4.23. The second-order valence-electron chi connectivity index (χ2n) is 6.37. The molecule has 2 N–H and O–H groups in total. The molecule has 1 aliphatic carbocycles. The lowest BCUT2D eigenvalue weighted by Crippen LogP contribution is -2.40. The van der Waals surface area contributed by atoms with Crippen molar-refractivity contribution in [2.75, 3.05) is 0 Å². The first-order valence-corrected chi connectivity index (χ1v) is 8.72. The molecule has 0 atom stereocenters. The number of carboxylic acid groups (broad SMARTS) is 1. The first-order chi connectivity index (χ1) is 24.4. The van der Waals surface area contributed by atoms with E-state index in [1.807, 2.05) is 4.98 Å². The minimum atomic E-state index is -5.01. The molecule has 1 saturated carbocycles. The monoisotopic (exact) mass is 457 g/mol. The standard InChI is InChI=1S/C23H36N4O4/c1-5-14-26-18-17(19(30)27(15-6-2)21(26)31)24-20(25-18)22(4)10-12-23(7-3,13-11-22)9-8-16(28)29/h5-15H2,1-4H3,(H,24,25)(H,28,29)/i1D3,3D2,5D2,7D2,8D2,9D2,10D2,11D2,12D2,13D2,14D2,15D2. The van der Waals surface area contributed by atoms with Gasteiger partial charge in [-0.2, -0.15) is 0 Å². The van der Waals surface area contributed by atoms with Crippen molar-refractivity contribution in [2.24, 2.45) is 5.41 Å². The van der Waals surface area contributed by atoms with Gasteiger partial charge in [0.25, 0.3) is 5.56 Å². The topological polar surface area (TPSA) is 110 Å². The van der Waals surface area contributed by atoms with E-state index in [0.717, 1.165) is 6.92 Å². The molecule has 0 aliphatic heterocycles. The fraction of sp³-hybridized carbons (Fsp3) is 0.739. The van der Waals surface area contributed by atoms with E-state index in [1.54, 1.807) is 0 Å². The molecule has 0 radical (unpaired) electrons. The average Bonchev–Trinajstić information content (AvgIpc) is 3.43. The van der Waals surface area contributed by atoms with Gasteiger partial charge in [0.05, 0.1) is 2.74 Å². The van der Waals surface area contributed by atoms with Crippen LogP contribution in [0, 0.1) is 5.41 Å². The number of nitrogens with zero attached hydrogens (tertiary/aromatic N) is 3. The second-order valence-corrected chi connectivity index (χ2v) is 6.37. The van der Waals surface area contributed by atoms with Crippen LogP contribution in [0.2, 0.25) is 0 Å². The quantitative estimate of drug-likeness (QED) is 0.595. The van der Waals surface area contributed by atoms with E-state index in [9.17, 15) is 19.5 Å². The van der Waals surface area contributed by atoms with Gasteiger partial charge in [-0.15, -0.1) is 0 Å². The molecule has 8 heteroatoms. The van der Waals surface area contributed by atoms with E-state index in [2.05, 4.69) is 4.98 Å². The molecule has 3 rings (SSSR count). The molecule has 0 aromatic carbocycles. The predicted octanol–water partition coefficient (Wildman–Crippen LogP) is 3.80. The van der Waals surface area contributed by atoms with Crippen LogP contribution < -0.4 is 11.2 Å². The van der Waals surface area contributed by atoms with Crippen LogP contribution in [0.1, 0.15) is 125 Å². The van der Waals surface area contributed by atoms with Crippen molar-refractivity contribution < 1.29 is 44.2 Å². The summed E-state index contributed by atoms with van der Waals surface area (Å²) in [5.41, 5.74) is -15.6. The van der Waals surface area contributed by atoms with Crippen molar-refractivity contribution in [1.29, 1.82) is 0 Å². The Morgan fingerprint density at radius 3 is 2.65 bits per heavy atom. The fourth-order valence-corrected chi connectivity index (χ4v) is 2.69. The number of hydrogen-bond acceptors (Lipinski definition) is 4. The predicted molar refractivity (Wildman–Crippen MR) is 121 cm³/mol. The highest BCUT2D eigenvalue weighted by Crippen LogP contribution is 2.50. The van der Waals surface area contributed by atoms with Gasteiger partial charge in [-0.1, -0.05) is 33.9 Å². The smallest absolute Gasteiger partial charge is 0.332 e. The summed E-state index contributed by atoms with van der Waals surface area (Å²) in [7, 11) is 0. The number of aliphatic carboxylic acids is 1. The molecule has 0 spiro atoms. The van der Waals surface area contributed by atoms with Gasteiger partial charge in [-0.3, -0.25) is 18.7 Å². The largest absolute Gasteiger partial charge is 0.481 e. The Morgan fingerprint density at radius 1 is 1.29 bits per heavy atom. The zero-order valence-corrected chi connectivity index (χ0v) is 16.3. The summed E-state index contributed by atoms with van der Waals surface area (Å²) < 4.78 is 210. The summed E-state index contributed by atoms with van der Waals surface area (Å²) in [6, 6.07) is 0. The van der Waals surface area contributed by atoms with Crippen LogP contribution >= 0.6 is 0 Å². The summed E-state index contributed by atoms with van der Waals surface area (Å²) in [5, 5.41) is 9.68. The highest BCUT2D eigenvalue weighted by atomic mass is 16.4. The number of carbonyl (C=O) groups is 1. The van der Waals surface area contributed by atoms with Crippen molar-refractivity contribution >= 4 is 17.1 Å². The number of aromatic amines is 1. The molecule has 8 nitrogen and oxygen atoms in total. The van der Waals surface area contributed by atoms with Gasteiger partial charge in [0, 0.05) is 56.3 Å². The van der Waals surface area contributed by atoms with Gasteiger partial charge < -0.3 is 10.1 Å². The zero-order chi connectivity index (χ0) is 44.8. The molecule has 1 aliphatic rings. The third-order valence-corrected chi connectivity index (χ3v) is 4.23.